The maximum Gasteiger partial charge on any atom is 0.244 e. The number of sulfonamides is 1. The summed E-state index contributed by atoms with van der Waals surface area (Å²) in [6.45, 7) is 3.99. The molecular weight excluding hydrogens is 494 g/mol. The van der Waals surface area contributed by atoms with Gasteiger partial charge in [0.05, 0.1) is 11.9 Å². The number of halogens is 1. The molecule has 1 N–H and O–H groups in total. The Kier molecular flexibility index (Phi) is 9.71. The second kappa shape index (κ2) is 12.0. The van der Waals surface area contributed by atoms with E-state index in [2.05, 4.69) is 21.2 Å². The van der Waals surface area contributed by atoms with Crippen molar-refractivity contribution in [3.8, 4) is 0 Å². The summed E-state index contributed by atoms with van der Waals surface area (Å²) in [6, 6.07) is 15.1. The molecule has 2 rings (SSSR count). The highest BCUT2D eigenvalue weighted by Crippen LogP contribution is 2.19. The molecule has 2 amide bonds. The van der Waals surface area contributed by atoms with Gasteiger partial charge in [0.2, 0.25) is 21.8 Å². The van der Waals surface area contributed by atoms with Crippen molar-refractivity contribution in [1.82, 2.24) is 10.2 Å². The Morgan fingerprint density at radius 2 is 1.78 bits per heavy atom. The molecular formula is C23H30BrN3O4S. The number of nitrogens with zero attached hydrogens (tertiary/aromatic N) is 2. The Morgan fingerprint density at radius 1 is 1.09 bits per heavy atom. The lowest BCUT2D eigenvalue weighted by molar-refractivity contribution is -0.139. The molecule has 0 heterocycles. The first-order valence-electron chi connectivity index (χ1n) is 10.5. The van der Waals surface area contributed by atoms with E-state index in [1.807, 2.05) is 31.2 Å². The van der Waals surface area contributed by atoms with Gasteiger partial charge in [-0.2, -0.15) is 0 Å². The molecule has 32 heavy (non-hydrogen) atoms. The molecule has 2 aromatic rings. The average molecular weight is 524 g/mol. The van der Waals surface area contributed by atoms with Gasteiger partial charge < -0.3 is 10.2 Å². The topological polar surface area (TPSA) is 86.8 Å². The van der Waals surface area contributed by atoms with Gasteiger partial charge in [-0.3, -0.25) is 13.9 Å². The fourth-order valence-electron chi connectivity index (χ4n) is 3.16. The smallest absolute Gasteiger partial charge is 0.244 e. The highest BCUT2D eigenvalue weighted by atomic mass is 79.9. The molecule has 0 saturated carbocycles. The SMILES string of the molecule is CCCCNC(=O)[C@@H](C)N(Cc1cccc(Br)c1)C(=O)CN(c1ccccc1)S(C)(=O)=O. The molecule has 9 heteroatoms. The zero-order valence-corrected chi connectivity index (χ0v) is 21.0. The van der Waals surface area contributed by atoms with Crippen LogP contribution in [0.1, 0.15) is 32.3 Å². The first kappa shape index (κ1) is 25.9. The van der Waals surface area contributed by atoms with E-state index in [1.165, 1.54) is 4.90 Å². The predicted octanol–water partition coefficient (Wildman–Crippen LogP) is 3.55. The van der Waals surface area contributed by atoms with Crippen LogP contribution < -0.4 is 9.62 Å². The third kappa shape index (κ3) is 7.63. The fourth-order valence-corrected chi connectivity index (χ4v) is 4.45. The molecule has 1 atom stereocenters. The van der Waals surface area contributed by atoms with Crippen LogP contribution in [0.15, 0.2) is 59.1 Å². The minimum atomic E-state index is -3.71. The molecule has 0 radical (unpaired) electrons. The number of unbranched alkanes of at least 4 members (excludes halogenated alkanes) is 1. The lowest BCUT2D eigenvalue weighted by Crippen LogP contribution is -2.51. The van der Waals surface area contributed by atoms with Crippen LogP contribution >= 0.6 is 15.9 Å². The summed E-state index contributed by atoms with van der Waals surface area (Å²) in [5.74, 6) is -0.732. The second-order valence-electron chi connectivity index (χ2n) is 7.58. The molecule has 0 fully saturated rings. The van der Waals surface area contributed by atoms with Gasteiger partial charge in [-0.05, 0) is 43.2 Å². The summed E-state index contributed by atoms with van der Waals surface area (Å²) in [7, 11) is -3.71. The van der Waals surface area contributed by atoms with E-state index < -0.39 is 28.5 Å². The van der Waals surface area contributed by atoms with Gasteiger partial charge in [-0.25, -0.2) is 8.42 Å². The van der Waals surface area contributed by atoms with Crippen LogP contribution in [0.4, 0.5) is 5.69 Å². The minimum absolute atomic E-state index is 0.174. The Bertz CT molecular complexity index is 1010. The molecule has 0 aromatic heterocycles. The van der Waals surface area contributed by atoms with Crippen LogP contribution in [-0.2, 0) is 26.2 Å². The molecule has 0 saturated heterocycles. The van der Waals surface area contributed by atoms with Crippen molar-refractivity contribution < 1.29 is 18.0 Å². The highest BCUT2D eigenvalue weighted by Gasteiger charge is 2.29. The van der Waals surface area contributed by atoms with Gasteiger partial charge in [-0.1, -0.05) is 59.6 Å². The van der Waals surface area contributed by atoms with Crippen molar-refractivity contribution in [2.45, 2.75) is 39.3 Å². The second-order valence-corrected chi connectivity index (χ2v) is 10.4. The van der Waals surface area contributed by atoms with Crippen molar-refractivity contribution >= 4 is 43.5 Å². The molecule has 0 unspecified atom stereocenters. The number of hydrogen-bond acceptors (Lipinski definition) is 4. The normalized spacial score (nSPS) is 12.1. The molecule has 0 aliphatic rings. The monoisotopic (exact) mass is 523 g/mol. The van der Waals surface area contributed by atoms with Crippen LogP contribution in [0.2, 0.25) is 0 Å². The number of hydrogen-bond donors (Lipinski definition) is 1. The maximum atomic E-state index is 13.4. The quantitative estimate of drug-likeness (QED) is 0.456. The number of amides is 2. The van der Waals surface area contributed by atoms with Gasteiger partial charge in [0.25, 0.3) is 0 Å². The van der Waals surface area contributed by atoms with Crippen molar-refractivity contribution in [2.24, 2.45) is 0 Å². The molecule has 0 spiro atoms. The van der Waals surface area contributed by atoms with Crippen molar-refractivity contribution in [1.29, 1.82) is 0 Å². The third-order valence-corrected chi connectivity index (χ3v) is 6.60. The number of rotatable bonds is 11. The molecule has 0 aliphatic heterocycles. The van der Waals surface area contributed by atoms with Crippen molar-refractivity contribution in [3.05, 3.63) is 64.6 Å². The summed E-state index contributed by atoms with van der Waals surface area (Å²) < 4.78 is 26.8. The Hall–Kier alpha value is -2.39. The van der Waals surface area contributed by atoms with Gasteiger partial charge >= 0.3 is 0 Å². The first-order chi connectivity index (χ1) is 15.1. The fraction of sp³-hybridized carbons (Fsp3) is 0.391. The molecule has 174 valence electrons. The third-order valence-electron chi connectivity index (χ3n) is 4.96. The van der Waals surface area contributed by atoms with Crippen LogP contribution in [0.25, 0.3) is 0 Å². The lowest BCUT2D eigenvalue weighted by Gasteiger charge is -2.31. The first-order valence-corrected chi connectivity index (χ1v) is 13.1. The molecule has 0 bridgehead atoms. The van der Waals surface area contributed by atoms with E-state index in [0.717, 1.165) is 33.4 Å². The van der Waals surface area contributed by atoms with Gasteiger partial charge in [-0.15, -0.1) is 0 Å². The largest absolute Gasteiger partial charge is 0.354 e. The summed E-state index contributed by atoms with van der Waals surface area (Å²) in [5, 5.41) is 2.86. The number of para-hydroxylation sites is 1. The van der Waals surface area contributed by atoms with E-state index in [4.69, 9.17) is 0 Å². The summed E-state index contributed by atoms with van der Waals surface area (Å²) in [6.07, 6.45) is 2.84. The zero-order chi connectivity index (χ0) is 23.7. The average Bonchev–Trinajstić information content (AvgIpc) is 2.75. The number of nitrogens with one attached hydrogen (secondary N) is 1. The lowest BCUT2D eigenvalue weighted by atomic mass is 10.1. The highest BCUT2D eigenvalue weighted by molar-refractivity contribution is 9.10. The molecule has 7 nitrogen and oxygen atoms in total. The Labute approximate surface area is 199 Å². The maximum absolute atomic E-state index is 13.4. The standard InChI is InChI=1S/C23H30BrN3O4S/c1-4-5-14-25-23(29)18(2)26(16-19-10-9-11-20(24)15-19)22(28)17-27(32(3,30)31)21-12-7-6-8-13-21/h6-13,15,18H,4-5,14,16-17H2,1-3H3,(H,25,29)/t18-/m1/s1. The molecule has 2 aromatic carbocycles. The Morgan fingerprint density at radius 3 is 2.38 bits per heavy atom. The summed E-state index contributed by atoms with van der Waals surface area (Å²) in [4.78, 5) is 27.5. The zero-order valence-electron chi connectivity index (χ0n) is 18.6. The molecule has 0 aliphatic carbocycles. The van der Waals surface area contributed by atoms with E-state index >= 15 is 0 Å². The van der Waals surface area contributed by atoms with E-state index in [0.29, 0.717) is 12.2 Å². The van der Waals surface area contributed by atoms with Crippen LogP contribution in [0.3, 0.4) is 0 Å². The van der Waals surface area contributed by atoms with E-state index in [1.54, 1.807) is 37.3 Å². The summed E-state index contributed by atoms with van der Waals surface area (Å²) >= 11 is 3.42. The number of benzene rings is 2. The van der Waals surface area contributed by atoms with Crippen LogP contribution in [0.5, 0.6) is 0 Å². The van der Waals surface area contributed by atoms with Crippen molar-refractivity contribution in [3.63, 3.8) is 0 Å². The summed E-state index contributed by atoms with van der Waals surface area (Å²) in [5.41, 5.74) is 1.22. The number of anilines is 1. The predicted molar refractivity (Wildman–Crippen MR) is 131 cm³/mol. The van der Waals surface area contributed by atoms with E-state index in [-0.39, 0.29) is 12.5 Å². The van der Waals surface area contributed by atoms with Crippen LogP contribution in [-0.4, -0.2) is 50.5 Å². The van der Waals surface area contributed by atoms with Crippen LogP contribution in [0, 0.1) is 0 Å². The van der Waals surface area contributed by atoms with Gasteiger partial charge in [0.15, 0.2) is 0 Å². The van der Waals surface area contributed by atoms with Gasteiger partial charge in [0.1, 0.15) is 12.6 Å². The van der Waals surface area contributed by atoms with E-state index in [9.17, 15) is 18.0 Å². The van der Waals surface area contributed by atoms with Gasteiger partial charge in [0, 0.05) is 17.6 Å². The van der Waals surface area contributed by atoms with Crippen molar-refractivity contribution in [2.75, 3.05) is 23.7 Å². The Balaban J connectivity index is 2.31. The number of carbonyl (C=O) groups excluding carboxylic acids is 2. The minimum Gasteiger partial charge on any atom is -0.354 e. The number of carbonyl (C=O) groups is 2.